The third-order valence-corrected chi connectivity index (χ3v) is 2.46. The number of ether oxygens (including phenoxy) is 1. The molecule has 17 heavy (non-hydrogen) atoms. The molecule has 94 valence electrons. The van der Waals surface area contributed by atoms with Gasteiger partial charge in [-0.25, -0.2) is 0 Å². The molecule has 0 amide bonds. The number of rotatable bonds is 7. The number of aliphatic hydroxyl groups excluding tert-OH is 2. The Labute approximate surface area is 99.3 Å². The largest absolute Gasteiger partial charge is 0.481 e. The number of aliphatic hydroxyl groups is 2. The fourth-order valence-corrected chi connectivity index (χ4v) is 1.66. The number of aliphatic carboxylic acids is 1. The summed E-state index contributed by atoms with van der Waals surface area (Å²) in [5.74, 6) is -1.07. The molecule has 5 heteroatoms. The van der Waals surface area contributed by atoms with Gasteiger partial charge in [0.15, 0.2) is 0 Å². The normalized spacial score (nSPS) is 14.2. The summed E-state index contributed by atoms with van der Waals surface area (Å²) in [5.41, 5.74) is -0.714. The van der Waals surface area contributed by atoms with Gasteiger partial charge < -0.3 is 20.1 Å². The van der Waals surface area contributed by atoms with Crippen LogP contribution in [0.1, 0.15) is 12.0 Å². The lowest BCUT2D eigenvalue weighted by Gasteiger charge is -2.31. The van der Waals surface area contributed by atoms with Crippen molar-refractivity contribution in [2.24, 2.45) is 0 Å². The fraction of sp³-hybridized carbons (Fsp3) is 0.417. The SMILES string of the molecule is O=C(O)CC(CO)(OCCO)c1ccccc1. The first-order valence-corrected chi connectivity index (χ1v) is 5.27. The first kappa shape index (κ1) is 13.6. The van der Waals surface area contributed by atoms with Crippen LogP contribution in [0.3, 0.4) is 0 Å². The molecule has 0 aliphatic heterocycles. The van der Waals surface area contributed by atoms with Crippen LogP contribution < -0.4 is 0 Å². The molecule has 1 aromatic rings. The lowest BCUT2D eigenvalue weighted by Crippen LogP contribution is -2.37. The van der Waals surface area contributed by atoms with Crippen molar-refractivity contribution in [1.29, 1.82) is 0 Å². The Morgan fingerprint density at radius 3 is 2.35 bits per heavy atom. The minimum Gasteiger partial charge on any atom is -0.481 e. The molecule has 0 saturated heterocycles. The van der Waals surface area contributed by atoms with Gasteiger partial charge in [0.25, 0.3) is 0 Å². The summed E-state index contributed by atoms with van der Waals surface area (Å²) in [6.45, 7) is -0.708. The molecule has 0 heterocycles. The van der Waals surface area contributed by atoms with Crippen molar-refractivity contribution in [3.63, 3.8) is 0 Å². The molecular weight excluding hydrogens is 224 g/mol. The van der Waals surface area contributed by atoms with Crippen molar-refractivity contribution in [3.8, 4) is 0 Å². The van der Waals surface area contributed by atoms with Gasteiger partial charge in [-0.05, 0) is 5.56 Å². The lowest BCUT2D eigenvalue weighted by atomic mass is 9.91. The topological polar surface area (TPSA) is 87.0 Å². The predicted molar refractivity (Wildman–Crippen MR) is 60.5 cm³/mol. The lowest BCUT2D eigenvalue weighted by molar-refractivity contribution is -0.152. The molecule has 5 nitrogen and oxygen atoms in total. The molecule has 1 atom stereocenters. The fourth-order valence-electron chi connectivity index (χ4n) is 1.66. The Bertz CT molecular complexity index is 351. The average Bonchev–Trinajstić information content (AvgIpc) is 2.35. The van der Waals surface area contributed by atoms with Crippen molar-refractivity contribution in [1.82, 2.24) is 0 Å². The third-order valence-electron chi connectivity index (χ3n) is 2.46. The monoisotopic (exact) mass is 240 g/mol. The number of hydrogen-bond donors (Lipinski definition) is 3. The summed E-state index contributed by atoms with van der Waals surface area (Å²) >= 11 is 0. The maximum atomic E-state index is 10.9. The molecule has 1 aromatic carbocycles. The molecule has 1 rings (SSSR count). The van der Waals surface area contributed by atoms with Crippen molar-refractivity contribution in [3.05, 3.63) is 35.9 Å². The molecule has 0 saturated carbocycles. The van der Waals surface area contributed by atoms with Gasteiger partial charge in [0, 0.05) is 0 Å². The van der Waals surface area contributed by atoms with E-state index in [4.69, 9.17) is 14.9 Å². The van der Waals surface area contributed by atoms with Gasteiger partial charge in [-0.15, -0.1) is 0 Å². The van der Waals surface area contributed by atoms with Crippen LogP contribution in [0.4, 0.5) is 0 Å². The van der Waals surface area contributed by atoms with E-state index in [1.165, 1.54) is 0 Å². The highest BCUT2D eigenvalue weighted by atomic mass is 16.5. The van der Waals surface area contributed by atoms with Gasteiger partial charge in [-0.1, -0.05) is 30.3 Å². The summed E-state index contributed by atoms with van der Waals surface area (Å²) in [7, 11) is 0. The van der Waals surface area contributed by atoms with Crippen molar-refractivity contribution in [2.45, 2.75) is 12.0 Å². The quantitative estimate of drug-likeness (QED) is 0.640. The second-order valence-corrected chi connectivity index (χ2v) is 3.66. The van der Waals surface area contributed by atoms with E-state index in [0.29, 0.717) is 5.56 Å². The first-order chi connectivity index (χ1) is 8.14. The molecule has 1 unspecified atom stereocenters. The highest BCUT2D eigenvalue weighted by molar-refractivity contribution is 5.68. The summed E-state index contributed by atoms with van der Waals surface area (Å²) < 4.78 is 5.34. The van der Waals surface area contributed by atoms with E-state index in [1.54, 1.807) is 30.3 Å². The number of carbonyl (C=O) groups is 1. The molecule has 0 aliphatic carbocycles. The van der Waals surface area contributed by atoms with Gasteiger partial charge >= 0.3 is 5.97 Å². The van der Waals surface area contributed by atoms with E-state index in [-0.39, 0.29) is 19.6 Å². The van der Waals surface area contributed by atoms with E-state index in [1.807, 2.05) is 0 Å². The zero-order valence-electron chi connectivity index (χ0n) is 9.37. The molecule has 0 spiro atoms. The van der Waals surface area contributed by atoms with Crippen LogP contribution in [0.5, 0.6) is 0 Å². The second-order valence-electron chi connectivity index (χ2n) is 3.66. The molecular formula is C12H16O5. The van der Waals surface area contributed by atoms with Gasteiger partial charge in [0.1, 0.15) is 5.60 Å². The standard InChI is InChI=1S/C12H16O5/c13-6-7-17-12(9-14,8-11(15)16)10-4-2-1-3-5-10/h1-5,13-14H,6-9H2,(H,15,16). The highest BCUT2D eigenvalue weighted by Crippen LogP contribution is 2.29. The van der Waals surface area contributed by atoms with Crippen LogP contribution in [0.25, 0.3) is 0 Å². The van der Waals surface area contributed by atoms with E-state index in [2.05, 4.69) is 0 Å². The zero-order chi connectivity index (χ0) is 12.7. The van der Waals surface area contributed by atoms with Crippen molar-refractivity contribution >= 4 is 5.97 Å². The van der Waals surface area contributed by atoms with Gasteiger partial charge in [0.05, 0.1) is 26.2 Å². The summed E-state index contributed by atoms with van der Waals surface area (Å²) in [6.07, 6.45) is -0.354. The van der Waals surface area contributed by atoms with Crippen LogP contribution in [0.2, 0.25) is 0 Å². The van der Waals surface area contributed by atoms with Crippen LogP contribution >= 0.6 is 0 Å². The maximum absolute atomic E-state index is 10.9. The second kappa shape index (κ2) is 6.34. The molecule has 0 fully saturated rings. The highest BCUT2D eigenvalue weighted by Gasteiger charge is 2.35. The number of carboxylic acids is 1. The van der Waals surface area contributed by atoms with Crippen molar-refractivity contribution in [2.75, 3.05) is 19.8 Å². The first-order valence-electron chi connectivity index (χ1n) is 5.27. The number of benzene rings is 1. The maximum Gasteiger partial charge on any atom is 0.306 e. The Hall–Kier alpha value is -1.43. The van der Waals surface area contributed by atoms with Gasteiger partial charge in [-0.2, -0.15) is 0 Å². The van der Waals surface area contributed by atoms with Gasteiger partial charge in [0.2, 0.25) is 0 Å². The smallest absolute Gasteiger partial charge is 0.306 e. The van der Waals surface area contributed by atoms with E-state index in [0.717, 1.165) is 0 Å². The summed E-state index contributed by atoms with van der Waals surface area (Å²) in [4.78, 5) is 10.9. The Balaban J connectivity index is 3.01. The Kier molecular flexibility index (Phi) is 5.09. The van der Waals surface area contributed by atoms with Crippen molar-refractivity contribution < 1.29 is 24.9 Å². The Morgan fingerprint density at radius 2 is 1.88 bits per heavy atom. The molecule has 0 bridgehead atoms. The van der Waals surface area contributed by atoms with Gasteiger partial charge in [-0.3, -0.25) is 4.79 Å². The Morgan fingerprint density at radius 1 is 1.24 bits per heavy atom. The van der Waals surface area contributed by atoms with Crippen LogP contribution in [-0.2, 0) is 15.1 Å². The number of carboxylic acid groups (broad SMARTS) is 1. The molecule has 0 radical (unpaired) electrons. The van der Waals surface area contributed by atoms with E-state index < -0.39 is 18.2 Å². The molecule has 0 aliphatic rings. The third kappa shape index (κ3) is 3.52. The van der Waals surface area contributed by atoms with Crippen LogP contribution in [0, 0.1) is 0 Å². The molecule has 0 aromatic heterocycles. The van der Waals surface area contributed by atoms with E-state index in [9.17, 15) is 9.90 Å². The average molecular weight is 240 g/mol. The summed E-state index contributed by atoms with van der Waals surface area (Å²) in [5, 5.41) is 27.1. The zero-order valence-corrected chi connectivity index (χ0v) is 9.37. The predicted octanol–water partition coefficient (Wildman–Crippen LogP) is 0.358. The molecule has 3 N–H and O–H groups in total. The minimum absolute atomic E-state index is 0.0251. The number of hydrogen-bond acceptors (Lipinski definition) is 4. The van der Waals surface area contributed by atoms with E-state index >= 15 is 0 Å². The summed E-state index contributed by atoms with van der Waals surface area (Å²) in [6, 6.07) is 8.65. The van der Waals surface area contributed by atoms with Crippen LogP contribution in [0.15, 0.2) is 30.3 Å². The minimum atomic E-state index is -1.30. The van der Waals surface area contributed by atoms with Crippen LogP contribution in [-0.4, -0.2) is 41.1 Å².